The Morgan fingerprint density at radius 2 is 2.07 bits per heavy atom. The van der Waals surface area contributed by atoms with E-state index in [4.69, 9.17) is 4.74 Å². The van der Waals surface area contributed by atoms with E-state index in [2.05, 4.69) is 19.2 Å². The minimum Gasteiger partial charge on any atom is -0.385 e. The van der Waals surface area contributed by atoms with Crippen molar-refractivity contribution in [2.75, 3.05) is 26.8 Å². The molecule has 0 heterocycles. The lowest BCUT2D eigenvalue weighted by Gasteiger charge is -2.42. The van der Waals surface area contributed by atoms with Gasteiger partial charge in [0.15, 0.2) is 0 Å². The van der Waals surface area contributed by atoms with Crippen LogP contribution in [0.15, 0.2) is 0 Å². The number of hydrogen-bond donors (Lipinski definition) is 1. The predicted molar refractivity (Wildman–Crippen MR) is 65.1 cm³/mol. The van der Waals surface area contributed by atoms with Crippen LogP contribution in [0, 0.1) is 11.3 Å². The van der Waals surface area contributed by atoms with E-state index >= 15 is 0 Å². The molecule has 0 aromatic heterocycles. The maximum Gasteiger partial charge on any atom is 0.0462 e. The largest absolute Gasteiger partial charge is 0.385 e. The lowest BCUT2D eigenvalue weighted by atomic mass is 9.66. The molecule has 1 N–H and O–H groups in total. The number of hydrogen-bond acceptors (Lipinski definition) is 2. The van der Waals surface area contributed by atoms with Crippen LogP contribution >= 0.6 is 0 Å². The van der Waals surface area contributed by atoms with Gasteiger partial charge in [0.2, 0.25) is 0 Å². The third kappa shape index (κ3) is 4.52. The molecule has 0 radical (unpaired) electrons. The summed E-state index contributed by atoms with van der Waals surface area (Å²) >= 11 is 0. The van der Waals surface area contributed by atoms with Crippen LogP contribution in [-0.2, 0) is 4.74 Å². The summed E-state index contributed by atoms with van der Waals surface area (Å²) in [5.41, 5.74) is 0.618. The third-order valence-corrected chi connectivity index (χ3v) is 3.52. The smallest absolute Gasteiger partial charge is 0.0462 e. The molecule has 90 valence electrons. The molecule has 1 fully saturated rings. The van der Waals surface area contributed by atoms with Gasteiger partial charge in [0, 0.05) is 20.3 Å². The molecule has 0 aromatic carbocycles. The lowest BCUT2D eigenvalue weighted by Crippen LogP contribution is -2.41. The van der Waals surface area contributed by atoms with Crippen molar-refractivity contribution in [2.24, 2.45) is 11.3 Å². The second-order valence-corrected chi connectivity index (χ2v) is 5.47. The summed E-state index contributed by atoms with van der Waals surface area (Å²) in [5.74, 6) is 0.765. The summed E-state index contributed by atoms with van der Waals surface area (Å²) in [4.78, 5) is 0. The van der Waals surface area contributed by atoms with Crippen molar-refractivity contribution in [3.05, 3.63) is 0 Å². The van der Waals surface area contributed by atoms with Crippen LogP contribution in [-0.4, -0.2) is 26.8 Å². The van der Waals surface area contributed by atoms with E-state index < -0.39 is 0 Å². The number of ether oxygens (including phenoxy) is 1. The Morgan fingerprint density at radius 1 is 1.33 bits per heavy atom. The van der Waals surface area contributed by atoms with E-state index in [0.29, 0.717) is 5.41 Å². The third-order valence-electron chi connectivity index (χ3n) is 3.52. The highest BCUT2D eigenvalue weighted by atomic mass is 16.5. The summed E-state index contributed by atoms with van der Waals surface area (Å²) in [6.07, 6.45) is 6.83. The summed E-state index contributed by atoms with van der Waals surface area (Å²) in [6, 6.07) is 0. The molecule has 0 saturated heterocycles. The van der Waals surface area contributed by atoms with Gasteiger partial charge in [0.05, 0.1) is 0 Å². The van der Waals surface area contributed by atoms with Crippen LogP contribution < -0.4 is 5.32 Å². The fraction of sp³-hybridized carbons (Fsp3) is 1.00. The Kier molecular flexibility index (Phi) is 5.62. The molecule has 0 aliphatic heterocycles. The van der Waals surface area contributed by atoms with Crippen LogP contribution in [0.25, 0.3) is 0 Å². The van der Waals surface area contributed by atoms with E-state index in [9.17, 15) is 0 Å². The molecule has 0 aromatic rings. The Bertz CT molecular complexity index is 164. The van der Waals surface area contributed by atoms with E-state index in [1.54, 1.807) is 7.11 Å². The van der Waals surface area contributed by atoms with Gasteiger partial charge < -0.3 is 10.1 Å². The van der Waals surface area contributed by atoms with Gasteiger partial charge in [-0.2, -0.15) is 0 Å². The molecule has 1 aliphatic rings. The average Bonchev–Trinajstić information content (AvgIpc) is 2.12. The summed E-state index contributed by atoms with van der Waals surface area (Å²) in [6.45, 7) is 7.84. The molecule has 0 bridgehead atoms. The first kappa shape index (κ1) is 13.0. The van der Waals surface area contributed by atoms with Crippen molar-refractivity contribution in [1.29, 1.82) is 0 Å². The Labute approximate surface area is 94.8 Å². The molecule has 2 nitrogen and oxygen atoms in total. The molecule has 1 aliphatic carbocycles. The van der Waals surface area contributed by atoms with E-state index in [1.807, 2.05) is 0 Å². The van der Waals surface area contributed by atoms with Gasteiger partial charge in [0.1, 0.15) is 0 Å². The summed E-state index contributed by atoms with van der Waals surface area (Å²) in [5, 5.41) is 3.61. The molecule has 0 amide bonds. The zero-order valence-corrected chi connectivity index (χ0v) is 10.6. The van der Waals surface area contributed by atoms with Gasteiger partial charge in [-0.05, 0) is 43.6 Å². The molecular formula is C13H27NO. The zero-order chi connectivity index (χ0) is 11.1. The van der Waals surface area contributed by atoms with Crippen molar-refractivity contribution in [1.82, 2.24) is 5.32 Å². The minimum absolute atomic E-state index is 0.618. The normalized spacial score (nSPS) is 19.2. The van der Waals surface area contributed by atoms with Gasteiger partial charge in [-0.25, -0.2) is 0 Å². The highest BCUT2D eigenvalue weighted by molar-refractivity contribution is 4.89. The molecule has 15 heavy (non-hydrogen) atoms. The Balaban J connectivity index is 2.15. The van der Waals surface area contributed by atoms with Crippen LogP contribution in [0.3, 0.4) is 0 Å². The maximum atomic E-state index is 5.13. The number of methoxy groups -OCH3 is 1. The van der Waals surface area contributed by atoms with Gasteiger partial charge >= 0.3 is 0 Å². The van der Waals surface area contributed by atoms with E-state index in [0.717, 1.165) is 19.1 Å². The molecule has 1 saturated carbocycles. The van der Waals surface area contributed by atoms with Gasteiger partial charge in [-0.3, -0.25) is 0 Å². The maximum absolute atomic E-state index is 5.13. The molecule has 0 unspecified atom stereocenters. The van der Waals surface area contributed by atoms with Crippen LogP contribution in [0.1, 0.15) is 46.0 Å². The fourth-order valence-electron chi connectivity index (χ4n) is 2.41. The number of nitrogens with one attached hydrogen (secondary N) is 1. The van der Waals surface area contributed by atoms with E-state index in [-0.39, 0.29) is 0 Å². The SMILES string of the molecule is COCCCC1(CNCC(C)C)CCC1. The monoisotopic (exact) mass is 213 g/mol. The Morgan fingerprint density at radius 3 is 2.53 bits per heavy atom. The minimum atomic E-state index is 0.618. The van der Waals surface area contributed by atoms with E-state index in [1.165, 1.54) is 38.6 Å². The van der Waals surface area contributed by atoms with Crippen LogP contribution in [0.5, 0.6) is 0 Å². The fourth-order valence-corrected chi connectivity index (χ4v) is 2.41. The summed E-state index contributed by atoms with van der Waals surface area (Å²) in [7, 11) is 1.80. The quantitative estimate of drug-likeness (QED) is 0.626. The topological polar surface area (TPSA) is 21.3 Å². The highest BCUT2D eigenvalue weighted by Crippen LogP contribution is 2.44. The van der Waals surface area contributed by atoms with Gasteiger partial charge in [-0.1, -0.05) is 20.3 Å². The predicted octanol–water partition coefficient (Wildman–Crippen LogP) is 2.83. The van der Waals surface area contributed by atoms with Crippen molar-refractivity contribution in [2.45, 2.75) is 46.0 Å². The molecule has 0 spiro atoms. The zero-order valence-electron chi connectivity index (χ0n) is 10.6. The molecule has 1 rings (SSSR count). The van der Waals surface area contributed by atoms with Crippen molar-refractivity contribution < 1.29 is 4.74 Å². The van der Waals surface area contributed by atoms with Crippen molar-refractivity contribution in [3.8, 4) is 0 Å². The highest BCUT2D eigenvalue weighted by Gasteiger charge is 2.35. The van der Waals surface area contributed by atoms with Crippen LogP contribution in [0.4, 0.5) is 0 Å². The first-order valence-corrected chi connectivity index (χ1v) is 6.38. The standard InChI is InChI=1S/C13H27NO/c1-12(2)10-14-11-13(6-4-7-13)8-5-9-15-3/h12,14H,4-11H2,1-3H3. The molecule has 0 atom stereocenters. The second-order valence-electron chi connectivity index (χ2n) is 5.47. The average molecular weight is 213 g/mol. The van der Waals surface area contributed by atoms with Crippen molar-refractivity contribution >= 4 is 0 Å². The molecular weight excluding hydrogens is 186 g/mol. The Hall–Kier alpha value is -0.0800. The second kappa shape index (κ2) is 6.49. The van der Waals surface area contributed by atoms with Crippen molar-refractivity contribution in [3.63, 3.8) is 0 Å². The van der Waals surface area contributed by atoms with Crippen LogP contribution in [0.2, 0.25) is 0 Å². The lowest BCUT2D eigenvalue weighted by molar-refractivity contribution is 0.0940. The van der Waals surface area contributed by atoms with Gasteiger partial charge in [-0.15, -0.1) is 0 Å². The first-order chi connectivity index (χ1) is 7.18. The summed E-state index contributed by atoms with van der Waals surface area (Å²) < 4.78 is 5.13. The van der Waals surface area contributed by atoms with Gasteiger partial charge in [0.25, 0.3) is 0 Å². The molecule has 2 heteroatoms. The number of rotatable bonds is 8. The first-order valence-electron chi connectivity index (χ1n) is 6.38.